The average Bonchev–Trinajstić information content (AvgIpc) is 2.37. The van der Waals surface area contributed by atoms with Crippen LogP contribution in [0.5, 0.6) is 0 Å². The summed E-state index contributed by atoms with van der Waals surface area (Å²) in [7, 11) is 0. The zero-order valence-electron chi connectivity index (χ0n) is 4.75. The van der Waals surface area contributed by atoms with Crippen LogP contribution in [0.3, 0.4) is 0 Å². The molecular weight excluding hydrogens is 247 g/mol. The molecule has 9 heavy (non-hydrogen) atoms. The van der Waals surface area contributed by atoms with Crippen LogP contribution >= 0.6 is 33.9 Å². The van der Waals surface area contributed by atoms with Crippen molar-refractivity contribution in [3.63, 3.8) is 0 Å². The molecule has 0 aromatic carbocycles. The minimum absolute atomic E-state index is 0.233. The van der Waals surface area contributed by atoms with E-state index < -0.39 is 0 Å². The molecular formula is C6H7IOS. The largest absolute Gasteiger partial charge is 0.395 e. The number of thiophene rings is 1. The molecule has 1 aromatic rings. The first-order chi connectivity index (χ1) is 4.34. The van der Waals surface area contributed by atoms with Crippen molar-refractivity contribution in [3.05, 3.63) is 22.4 Å². The molecule has 3 heteroatoms. The molecule has 1 nitrogen and oxygen atoms in total. The van der Waals surface area contributed by atoms with Crippen molar-refractivity contribution in [2.75, 3.05) is 6.61 Å². The lowest BCUT2D eigenvalue weighted by Gasteiger charge is -1.99. The lowest BCUT2D eigenvalue weighted by atomic mass is 10.3. The number of rotatable bonds is 2. The Bertz CT molecular complexity index is 162. The highest BCUT2D eigenvalue weighted by Crippen LogP contribution is 2.23. The summed E-state index contributed by atoms with van der Waals surface area (Å²) in [5, 5.41) is 12.8. The van der Waals surface area contributed by atoms with E-state index >= 15 is 0 Å². The van der Waals surface area contributed by atoms with Crippen LogP contribution in [0.1, 0.15) is 9.49 Å². The summed E-state index contributed by atoms with van der Waals surface area (Å²) in [6.45, 7) is 0.233. The van der Waals surface area contributed by atoms with Crippen molar-refractivity contribution in [2.45, 2.75) is 3.92 Å². The highest BCUT2D eigenvalue weighted by Gasteiger charge is 2.03. The molecule has 1 aromatic heterocycles. The standard InChI is InChI=1S/C6H7IOS/c7-6(3-8)5-1-2-9-4-5/h1-2,4,6,8H,3H2/t6-/m1/s1. The summed E-state index contributed by atoms with van der Waals surface area (Å²) >= 11 is 3.89. The van der Waals surface area contributed by atoms with E-state index in [1.165, 1.54) is 5.56 Å². The Labute approximate surface area is 71.9 Å². The van der Waals surface area contributed by atoms with E-state index in [9.17, 15) is 0 Å². The van der Waals surface area contributed by atoms with Gasteiger partial charge in [0.2, 0.25) is 0 Å². The van der Waals surface area contributed by atoms with E-state index in [0.29, 0.717) is 0 Å². The SMILES string of the molecule is OC[C@@H](I)c1ccsc1. The summed E-state index contributed by atoms with van der Waals surface area (Å²) in [6.07, 6.45) is 0. The molecule has 0 saturated carbocycles. The van der Waals surface area contributed by atoms with Gasteiger partial charge in [-0.3, -0.25) is 0 Å². The summed E-state index contributed by atoms with van der Waals surface area (Å²) in [6, 6.07) is 2.04. The summed E-state index contributed by atoms with van der Waals surface area (Å²) < 4.78 is 0.272. The minimum Gasteiger partial charge on any atom is -0.395 e. The van der Waals surface area contributed by atoms with E-state index in [2.05, 4.69) is 28.0 Å². The fourth-order valence-electron chi connectivity index (χ4n) is 0.559. The molecule has 1 rings (SSSR count). The van der Waals surface area contributed by atoms with Gasteiger partial charge in [0.15, 0.2) is 0 Å². The maximum absolute atomic E-state index is 8.70. The van der Waals surface area contributed by atoms with Gasteiger partial charge in [0.1, 0.15) is 0 Å². The molecule has 0 aliphatic heterocycles. The van der Waals surface area contributed by atoms with Crippen LogP contribution in [-0.4, -0.2) is 11.7 Å². The normalized spacial score (nSPS) is 13.6. The number of aliphatic hydroxyl groups excluding tert-OH is 1. The average molecular weight is 254 g/mol. The third-order valence-electron chi connectivity index (χ3n) is 1.07. The third kappa shape index (κ3) is 1.91. The van der Waals surface area contributed by atoms with Gasteiger partial charge >= 0.3 is 0 Å². The van der Waals surface area contributed by atoms with Crippen LogP contribution in [0.2, 0.25) is 0 Å². The molecule has 0 spiro atoms. The highest BCUT2D eigenvalue weighted by molar-refractivity contribution is 14.1. The quantitative estimate of drug-likeness (QED) is 0.633. The van der Waals surface area contributed by atoms with E-state index in [1.807, 2.05) is 11.4 Å². The van der Waals surface area contributed by atoms with Gasteiger partial charge < -0.3 is 5.11 Å². The van der Waals surface area contributed by atoms with Crippen molar-refractivity contribution >= 4 is 33.9 Å². The van der Waals surface area contributed by atoms with Crippen molar-refractivity contribution < 1.29 is 5.11 Å². The second kappa shape index (κ2) is 3.53. The Morgan fingerprint density at radius 3 is 3.00 bits per heavy atom. The molecule has 50 valence electrons. The van der Waals surface area contributed by atoms with Gasteiger partial charge in [-0.1, -0.05) is 22.6 Å². The van der Waals surface area contributed by atoms with Gasteiger partial charge in [0, 0.05) is 0 Å². The smallest absolute Gasteiger partial charge is 0.0598 e. The van der Waals surface area contributed by atoms with E-state index in [4.69, 9.17) is 5.11 Å². The van der Waals surface area contributed by atoms with E-state index in [0.717, 1.165) is 0 Å². The van der Waals surface area contributed by atoms with Crippen molar-refractivity contribution in [3.8, 4) is 0 Å². The fraction of sp³-hybridized carbons (Fsp3) is 0.333. The Balaban J connectivity index is 2.65. The number of aliphatic hydroxyl groups is 1. The number of hydrogen-bond donors (Lipinski definition) is 1. The van der Waals surface area contributed by atoms with Gasteiger partial charge in [-0.05, 0) is 22.4 Å². The first-order valence-electron chi connectivity index (χ1n) is 2.61. The van der Waals surface area contributed by atoms with Crippen LogP contribution in [0.4, 0.5) is 0 Å². The third-order valence-corrected chi connectivity index (χ3v) is 2.88. The number of halogens is 1. The Kier molecular flexibility index (Phi) is 2.94. The molecule has 0 aliphatic carbocycles. The second-order valence-corrected chi connectivity index (χ2v) is 3.99. The topological polar surface area (TPSA) is 20.2 Å². The zero-order valence-corrected chi connectivity index (χ0v) is 7.72. The first-order valence-corrected chi connectivity index (χ1v) is 4.80. The Morgan fingerprint density at radius 1 is 1.78 bits per heavy atom. The van der Waals surface area contributed by atoms with Crippen molar-refractivity contribution in [1.29, 1.82) is 0 Å². The molecule has 0 radical (unpaired) electrons. The van der Waals surface area contributed by atoms with Crippen molar-refractivity contribution in [2.24, 2.45) is 0 Å². The summed E-state index contributed by atoms with van der Waals surface area (Å²) in [5.74, 6) is 0. The molecule has 1 N–H and O–H groups in total. The molecule has 0 bridgehead atoms. The van der Waals surface area contributed by atoms with E-state index in [-0.39, 0.29) is 10.5 Å². The molecule has 0 fully saturated rings. The van der Waals surface area contributed by atoms with Gasteiger partial charge in [-0.2, -0.15) is 11.3 Å². The summed E-state index contributed by atoms with van der Waals surface area (Å²) in [4.78, 5) is 0. The van der Waals surface area contributed by atoms with Gasteiger partial charge in [0.05, 0.1) is 10.5 Å². The molecule has 0 amide bonds. The fourth-order valence-corrected chi connectivity index (χ4v) is 1.90. The predicted octanol–water partition coefficient (Wildman–Crippen LogP) is 2.22. The first kappa shape index (κ1) is 7.50. The van der Waals surface area contributed by atoms with Crippen molar-refractivity contribution in [1.82, 2.24) is 0 Å². The minimum atomic E-state index is 0.233. The number of hydrogen-bond acceptors (Lipinski definition) is 2. The molecule has 1 atom stereocenters. The highest BCUT2D eigenvalue weighted by atomic mass is 127. The predicted molar refractivity (Wildman–Crippen MR) is 48.2 cm³/mol. The molecule has 0 unspecified atom stereocenters. The molecule has 1 heterocycles. The Hall–Kier alpha value is 0.390. The molecule has 0 saturated heterocycles. The van der Waals surface area contributed by atoms with Crippen LogP contribution in [0.15, 0.2) is 16.8 Å². The number of alkyl halides is 1. The Morgan fingerprint density at radius 2 is 2.56 bits per heavy atom. The maximum Gasteiger partial charge on any atom is 0.0598 e. The van der Waals surface area contributed by atoms with E-state index in [1.54, 1.807) is 11.3 Å². The second-order valence-electron chi connectivity index (χ2n) is 1.71. The monoisotopic (exact) mass is 254 g/mol. The molecule has 0 aliphatic rings. The maximum atomic E-state index is 8.70. The summed E-state index contributed by atoms with van der Waals surface area (Å²) in [5.41, 5.74) is 1.23. The van der Waals surface area contributed by atoms with Gasteiger partial charge in [-0.25, -0.2) is 0 Å². The lowest BCUT2D eigenvalue weighted by molar-refractivity contribution is 0.301. The van der Waals surface area contributed by atoms with Gasteiger partial charge in [-0.15, -0.1) is 0 Å². The zero-order chi connectivity index (χ0) is 6.69. The van der Waals surface area contributed by atoms with Crippen LogP contribution in [0, 0.1) is 0 Å². The van der Waals surface area contributed by atoms with Crippen LogP contribution in [-0.2, 0) is 0 Å². The lowest BCUT2D eigenvalue weighted by Crippen LogP contribution is -1.91. The van der Waals surface area contributed by atoms with Gasteiger partial charge in [0.25, 0.3) is 0 Å². The van der Waals surface area contributed by atoms with Crippen LogP contribution in [0.25, 0.3) is 0 Å². The van der Waals surface area contributed by atoms with Crippen LogP contribution < -0.4 is 0 Å².